The molecule has 0 spiro atoms. The number of benzene rings is 1. The van der Waals surface area contributed by atoms with Crippen molar-refractivity contribution in [1.29, 1.82) is 0 Å². The molecule has 0 atom stereocenters. The lowest BCUT2D eigenvalue weighted by Crippen LogP contribution is -2.08. The molecule has 21 heavy (non-hydrogen) atoms. The Hall–Kier alpha value is -1.98. The third-order valence-corrected chi connectivity index (χ3v) is 3.73. The fraction of sp³-hybridized carbons (Fsp3) is 0.375. The van der Waals surface area contributed by atoms with Gasteiger partial charge in [0.2, 0.25) is 0 Å². The van der Waals surface area contributed by atoms with Gasteiger partial charge < -0.3 is 15.4 Å². The lowest BCUT2D eigenvalue weighted by molar-refractivity contribution is 0.294. The maximum Gasteiger partial charge on any atom is 0.112 e. The van der Waals surface area contributed by atoms with Crippen LogP contribution in [0.25, 0.3) is 21.9 Å². The van der Waals surface area contributed by atoms with Crippen LogP contribution in [0.5, 0.6) is 0 Å². The highest BCUT2D eigenvalue weighted by Gasteiger charge is 2.13. The SMILES string of the molecule is NCCCCn1c(CCO)nc2cnc3ccccc3c21. The Morgan fingerprint density at radius 2 is 2.00 bits per heavy atom. The minimum atomic E-state index is 0.103. The molecule has 5 heteroatoms. The number of aromatic nitrogens is 3. The predicted octanol–water partition coefficient (Wildman–Crippen LogP) is 1.86. The van der Waals surface area contributed by atoms with Crippen molar-refractivity contribution in [2.45, 2.75) is 25.8 Å². The monoisotopic (exact) mass is 284 g/mol. The molecule has 1 aromatic carbocycles. The molecule has 0 amide bonds. The van der Waals surface area contributed by atoms with Crippen LogP contribution < -0.4 is 5.73 Å². The number of hydrogen-bond acceptors (Lipinski definition) is 4. The van der Waals surface area contributed by atoms with Crippen LogP contribution in [0.1, 0.15) is 18.7 Å². The second-order valence-electron chi connectivity index (χ2n) is 5.16. The zero-order valence-corrected chi connectivity index (χ0v) is 12.0. The lowest BCUT2D eigenvalue weighted by atomic mass is 10.2. The number of fused-ring (bicyclic) bond motifs is 3. The van der Waals surface area contributed by atoms with Crippen LogP contribution in [0.15, 0.2) is 30.5 Å². The van der Waals surface area contributed by atoms with Crippen molar-refractivity contribution in [2.75, 3.05) is 13.2 Å². The van der Waals surface area contributed by atoms with Gasteiger partial charge in [-0.05, 0) is 25.5 Å². The molecule has 2 heterocycles. The number of imidazole rings is 1. The molecule has 0 bridgehead atoms. The Morgan fingerprint density at radius 1 is 1.14 bits per heavy atom. The van der Waals surface area contributed by atoms with E-state index in [2.05, 4.69) is 20.6 Å². The fourth-order valence-corrected chi connectivity index (χ4v) is 2.76. The van der Waals surface area contributed by atoms with Gasteiger partial charge in [0.05, 0.1) is 23.8 Å². The average Bonchev–Trinajstić information content (AvgIpc) is 2.86. The highest BCUT2D eigenvalue weighted by atomic mass is 16.3. The molecular formula is C16H20N4O. The maximum atomic E-state index is 9.27. The number of aliphatic hydroxyl groups is 1. The molecule has 3 N–H and O–H groups in total. The molecule has 3 rings (SSSR count). The smallest absolute Gasteiger partial charge is 0.112 e. The van der Waals surface area contributed by atoms with Gasteiger partial charge >= 0.3 is 0 Å². The molecule has 0 saturated heterocycles. The summed E-state index contributed by atoms with van der Waals surface area (Å²) in [5.74, 6) is 0.919. The molecule has 0 aliphatic rings. The van der Waals surface area contributed by atoms with Crippen molar-refractivity contribution in [1.82, 2.24) is 14.5 Å². The first-order valence-corrected chi connectivity index (χ1v) is 7.39. The third kappa shape index (κ3) is 2.62. The lowest BCUT2D eigenvalue weighted by Gasteiger charge is -2.09. The van der Waals surface area contributed by atoms with Crippen molar-refractivity contribution < 1.29 is 5.11 Å². The zero-order valence-electron chi connectivity index (χ0n) is 12.0. The van der Waals surface area contributed by atoms with Crippen LogP contribution in [0.3, 0.4) is 0 Å². The Kier molecular flexibility index (Phi) is 4.13. The quantitative estimate of drug-likeness (QED) is 0.677. The molecule has 3 aromatic rings. The summed E-state index contributed by atoms with van der Waals surface area (Å²) in [4.78, 5) is 9.10. The van der Waals surface area contributed by atoms with Crippen LogP contribution in [0.2, 0.25) is 0 Å². The topological polar surface area (TPSA) is 77.0 Å². The van der Waals surface area contributed by atoms with Crippen molar-refractivity contribution in [3.05, 3.63) is 36.3 Å². The van der Waals surface area contributed by atoms with Crippen LogP contribution >= 0.6 is 0 Å². The number of nitrogens with two attached hydrogens (primary N) is 1. The Morgan fingerprint density at radius 3 is 2.81 bits per heavy atom. The van der Waals surface area contributed by atoms with Gasteiger partial charge in [0.15, 0.2) is 0 Å². The molecule has 0 saturated carbocycles. The predicted molar refractivity (Wildman–Crippen MR) is 84.1 cm³/mol. The summed E-state index contributed by atoms with van der Waals surface area (Å²) >= 11 is 0. The molecule has 0 unspecified atom stereocenters. The van der Waals surface area contributed by atoms with E-state index in [1.165, 1.54) is 0 Å². The van der Waals surface area contributed by atoms with E-state index in [-0.39, 0.29) is 6.61 Å². The van der Waals surface area contributed by atoms with Gasteiger partial charge in [-0.1, -0.05) is 18.2 Å². The summed E-state index contributed by atoms with van der Waals surface area (Å²) in [6.45, 7) is 1.67. The van der Waals surface area contributed by atoms with Gasteiger partial charge in [-0.15, -0.1) is 0 Å². The molecular weight excluding hydrogens is 264 g/mol. The number of nitrogens with zero attached hydrogens (tertiary/aromatic N) is 3. The molecule has 0 fully saturated rings. The number of rotatable bonds is 6. The number of aryl methyl sites for hydroxylation is 1. The van der Waals surface area contributed by atoms with E-state index < -0.39 is 0 Å². The number of hydrogen-bond donors (Lipinski definition) is 2. The normalized spacial score (nSPS) is 11.5. The highest BCUT2D eigenvalue weighted by molar-refractivity contribution is 6.02. The molecule has 110 valence electrons. The summed E-state index contributed by atoms with van der Waals surface area (Å²) < 4.78 is 2.21. The zero-order chi connectivity index (χ0) is 14.7. The van der Waals surface area contributed by atoms with E-state index in [0.717, 1.165) is 47.1 Å². The van der Waals surface area contributed by atoms with Crippen LogP contribution in [0, 0.1) is 0 Å². The summed E-state index contributed by atoms with van der Waals surface area (Å²) in [6.07, 6.45) is 4.38. The number of unbranched alkanes of at least 4 members (excludes halogenated alkanes) is 1. The molecule has 0 aliphatic heterocycles. The van der Waals surface area contributed by atoms with Gasteiger partial charge in [-0.3, -0.25) is 4.98 Å². The van der Waals surface area contributed by atoms with Crippen molar-refractivity contribution in [2.24, 2.45) is 5.73 Å². The molecule has 5 nitrogen and oxygen atoms in total. The van der Waals surface area contributed by atoms with Gasteiger partial charge in [0.25, 0.3) is 0 Å². The number of aliphatic hydroxyl groups excluding tert-OH is 1. The first-order chi connectivity index (χ1) is 10.3. The van der Waals surface area contributed by atoms with Crippen LogP contribution in [0.4, 0.5) is 0 Å². The molecule has 0 aliphatic carbocycles. The van der Waals surface area contributed by atoms with Crippen LogP contribution in [-0.2, 0) is 13.0 Å². The van der Waals surface area contributed by atoms with Gasteiger partial charge in [-0.25, -0.2) is 4.98 Å². The number of pyridine rings is 1. The summed E-state index contributed by atoms with van der Waals surface area (Å²) in [5.41, 5.74) is 8.57. The Bertz CT molecular complexity index is 750. The second-order valence-corrected chi connectivity index (χ2v) is 5.16. The summed E-state index contributed by atoms with van der Waals surface area (Å²) in [6, 6.07) is 8.10. The van der Waals surface area contributed by atoms with Gasteiger partial charge in [-0.2, -0.15) is 0 Å². The summed E-state index contributed by atoms with van der Waals surface area (Å²) in [7, 11) is 0. The Balaban J connectivity index is 2.17. The van der Waals surface area contributed by atoms with E-state index in [0.29, 0.717) is 13.0 Å². The summed E-state index contributed by atoms with van der Waals surface area (Å²) in [5, 5.41) is 10.4. The van der Waals surface area contributed by atoms with Gasteiger partial charge in [0.1, 0.15) is 11.3 Å². The highest BCUT2D eigenvalue weighted by Crippen LogP contribution is 2.25. The first kappa shape index (κ1) is 14.0. The maximum absolute atomic E-state index is 9.27. The van der Waals surface area contributed by atoms with E-state index in [1.54, 1.807) is 0 Å². The average molecular weight is 284 g/mol. The molecule has 0 radical (unpaired) electrons. The van der Waals surface area contributed by atoms with Crippen LogP contribution in [-0.4, -0.2) is 32.8 Å². The largest absolute Gasteiger partial charge is 0.396 e. The third-order valence-electron chi connectivity index (χ3n) is 3.73. The minimum absolute atomic E-state index is 0.103. The van der Waals surface area contributed by atoms with Crippen molar-refractivity contribution >= 4 is 21.9 Å². The first-order valence-electron chi connectivity index (χ1n) is 7.39. The van der Waals surface area contributed by atoms with E-state index in [4.69, 9.17) is 5.73 Å². The van der Waals surface area contributed by atoms with Crippen molar-refractivity contribution in [3.8, 4) is 0 Å². The number of para-hydroxylation sites is 1. The second kappa shape index (κ2) is 6.20. The Labute approximate surface area is 123 Å². The standard InChI is InChI=1S/C16H20N4O/c17-8-3-4-9-20-15(7-10-21)19-14-11-18-13-6-2-1-5-12(13)16(14)20/h1-2,5-6,11,21H,3-4,7-10,17H2. The fourth-order valence-electron chi connectivity index (χ4n) is 2.76. The van der Waals surface area contributed by atoms with E-state index in [1.807, 2.05) is 24.4 Å². The molecule has 2 aromatic heterocycles. The van der Waals surface area contributed by atoms with Crippen molar-refractivity contribution in [3.63, 3.8) is 0 Å². The minimum Gasteiger partial charge on any atom is -0.396 e. The van der Waals surface area contributed by atoms with Gasteiger partial charge in [0, 0.05) is 18.4 Å². The van der Waals surface area contributed by atoms with E-state index in [9.17, 15) is 5.11 Å². The van der Waals surface area contributed by atoms with E-state index >= 15 is 0 Å².